The fraction of sp³-hybridized carbons (Fsp3) is 0. The predicted molar refractivity (Wildman–Crippen MR) is 99.2 cm³/mol. The number of rotatable bonds is 1. The summed E-state index contributed by atoms with van der Waals surface area (Å²) in [7, 11) is 0. The van der Waals surface area contributed by atoms with E-state index >= 15 is 0 Å². The molecule has 1 aliphatic rings. The van der Waals surface area contributed by atoms with Crippen LogP contribution >= 0.6 is 0 Å². The molecule has 4 aromatic rings. The summed E-state index contributed by atoms with van der Waals surface area (Å²) in [6.07, 6.45) is 0. The molecule has 0 aliphatic carbocycles. The number of aromatic nitrogens is 2. The molecular formula is C20H13FN4O. The lowest BCUT2D eigenvalue weighted by molar-refractivity contribution is 0.102. The Labute approximate surface area is 147 Å². The summed E-state index contributed by atoms with van der Waals surface area (Å²) in [5.74, 6) is 0.133. The molecule has 1 amide bonds. The first-order chi connectivity index (χ1) is 12.7. The Morgan fingerprint density at radius 1 is 0.846 bits per heavy atom. The molecule has 1 aliphatic heterocycles. The van der Waals surface area contributed by atoms with Gasteiger partial charge in [-0.3, -0.25) is 4.79 Å². The van der Waals surface area contributed by atoms with E-state index in [0.717, 1.165) is 16.9 Å². The van der Waals surface area contributed by atoms with Crippen molar-refractivity contribution in [2.45, 2.75) is 0 Å². The fourth-order valence-electron chi connectivity index (χ4n) is 3.15. The molecule has 0 fully saturated rings. The second-order valence-electron chi connectivity index (χ2n) is 6.13. The van der Waals surface area contributed by atoms with Crippen LogP contribution in [-0.2, 0) is 0 Å². The van der Waals surface area contributed by atoms with E-state index < -0.39 is 0 Å². The van der Waals surface area contributed by atoms with Crippen LogP contribution in [0.4, 0.5) is 21.5 Å². The van der Waals surface area contributed by atoms with E-state index in [-0.39, 0.29) is 11.7 Å². The van der Waals surface area contributed by atoms with E-state index in [0.29, 0.717) is 28.1 Å². The van der Waals surface area contributed by atoms with Crippen molar-refractivity contribution in [2.75, 3.05) is 10.6 Å². The Hall–Kier alpha value is -3.67. The van der Waals surface area contributed by atoms with Gasteiger partial charge in [-0.2, -0.15) is 0 Å². The monoisotopic (exact) mass is 344 g/mol. The number of nitrogens with one attached hydrogen (secondary N) is 3. The molecule has 126 valence electrons. The largest absolute Gasteiger partial charge is 0.353 e. The fourth-order valence-corrected chi connectivity index (χ4v) is 3.15. The van der Waals surface area contributed by atoms with E-state index in [1.807, 2.05) is 36.4 Å². The minimum absolute atomic E-state index is 0.171. The number of benzene rings is 3. The predicted octanol–water partition coefficient (Wildman–Crippen LogP) is 4.68. The van der Waals surface area contributed by atoms with Gasteiger partial charge in [0.15, 0.2) is 0 Å². The van der Waals surface area contributed by atoms with Gasteiger partial charge >= 0.3 is 0 Å². The van der Waals surface area contributed by atoms with Crippen molar-refractivity contribution in [2.24, 2.45) is 0 Å². The van der Waals surface area contributed by atoms with Gasteiger partial charge in [0.25, 0.3) is 5.91 Å². The Kier molecular flexibility index (Phi) is 3.05. The third-order valence-electron chi connectivity index (χ3n) is 4.43. The number of nitrogens with zero attached hydrogens (tertiary/aromatic N) is 1. The number of aromatic amines is 1. The summed E-state index contributed by atoms with van der Waals surface area (Å²) < 4.78 is 13.4. The van der Waals surface area contributed by atoms with Gasteiger partial charge in [0.05, 0.1) is 33.7 Å². The van der Waals surface area contributed by atoms with Gasteiger partial charge in [-0.1, -0.05) is 18.2 Å². The van der Waals surface area contributed by atoms with Crippen LogP contribution in [0.25, 0.3) is 22.4 Å². The van der Waals surface area contributed by atoms with E-state index in [1.54, 1.807) is 12.1 Å². The lowest BCUT2D eigenvalue weighted by Gasteiger charge is -2.09. The molecule has 1 aromatic heterocycles. The molecule has 0 unspecified atom stereocenters. The smallest absolute Gasteiger partial charge is 0.257 e. The molecule has 0 saturated carbocycles. The maximum Gasteiger partial charge on any atom is 0.257 e. The molecule has 3 aromatic carbocycles. The van der Waals surface area contributed by atoms with Gasteiger partial charge in [0.2, 0.25) is 0 Å². The minimum Gasteiger partial charge on any atom is -0.353 e. The van der Waals surface area contributed by atoms with Gasteiger partial charge in [-0.25, -0.2) is 9.37 Å². The Morgan fingerprint density at radius 3 is 2.50 bits per heavy atom. The summed E-state index contributed by atoms with van der Waals surface area (Å²) in [6, 6.07) is 17.4. The Balaban J connectivity index is 1.63. The van der Waals surface area contributed by atoms with Crippen LogP contribution in [0.3, 0.4) is 0 Å². The Bertz CT molecular complexity index is 1180. The number of hydrogen-bond donors (Lipinski definition) is 3. The molecule has 0 spiro atoms. The number of fused-ring (bicyclic) bond motifs is 3. The van der Waals surface area contributed by atoms with Crippen molar-refractivity contribution in [1.29, 1.82) is 0 Å². The molecule has 0 saturated heterocycles. The highest BCUT2D eigenvalue weighted by Crippen LogP contribution is 2.34. The quantitative estimate of drug-likeness (QED) is 0.470. The summed E-state index contributed by atoms with van der Waals surface area (Å²) in [4.78, 5) is 20.1. The van der Waals surface area contributed by atoms with Crippen LogP contribution in [0.2, 0.25) is 0 Å². The molecule has 26 heavy (non-hydrogen) atoms. The zero-order valence-corrected chi connectivity index (χ0v) is 13.5. The SMILES string of the molecule is O=C1Nc2ccccc2Nc2cc(-c3nc4ccc(F)cc4[nH]3)ccc21. The van der Waals surface area contributed by atoms with Crippen molar-refractivity contribution in [3.05, 3.63) is 72.0 Å². The minimum atomic E-state index is -0.315. The average molecular weight is 344 g/mol. The first-order valence-corrected chi connectivity index (χ1v) is 8.14. The van der Waals surface area contributed by atoms with Crippen molar-refractivity contribution in [3.8, 4) is 11.4 Å². The molecule has 6 heteroatoms. The molecule has 2 heterocycles. The number of amides is 1. The van der Waals surface area contributed by atoms with Crippen LogP contribution < -0.4 is 10.6 Å². The lowest BCUT2D eigenvalue weighted by atomic mass is 10.1. The highest BCUT2D eigenvalue weighted by molar-refractivity contribution is 6.12. The van der Waals surface area contributed by atoms with Gasteiger partial charge in [-0.15, -0.1) is 0 Å². The van der Waals surface area contributed by atoms with E-state index in [1.165, 1.54) is 12.1 Å². The third-order valence-corrected chi connectivity index (χ3v) is 4.43. The van der Waals surface area contributed by atoms with Gasteiger partial charge < -0.3 is 15.6 Å². The first-order valence-electron chi connectivity index (χ1n) is 8.14. The third kappa shape index (κ3) is 2.31. The number of anilines is 3. The molecule has 3 N–H and O–H groups in total. The highest BCUT2D eigenvalue weighted by Gasteiger charge is 2.19. The van der Waals surface area contributed by atoms with Crippen molar-refractivity contribution in [1.82, 2.24) is 9.97 Å². The number of carbonyl (C=O) groups is 1. The second-order valence-corrected chi connectivity index (χ2v) is 6.13. The molecular weight excluding hydrogens is 331 g/mol. The molecule has 0 bridgehead atoms. The van der Waals surface area contributed by atoms with Gasteiger partial charge in [0.1, 0.15) is 11.6 Å². The van der Waals surface area contributed by atoms with Crippen LogP contribution in [0, 0.1) is 5.82 Å². The molecule has 5 nitrogen and oxygen atoms in total. The maximum atomic E-state index is 13.4. The van der Waals surface area contributed by atoms with Crippen LogP contribution in [0.1, 0.15) is 10.4 Å². The van der Waals surface area contributed by atoms with Crippen LogP contribution in [0.15, 0.2) is 60.7 Å². The van der Waals surface area contributed by atoms with E-state index in [9.17, 15) is 9.18 Å². The standard InChI is InChI=1S/C20H13FN4O/c21-12-6-8-16-18(10-12)24-19(23-16)11-5-7-13-17(9-11)22-14-3-1-2-4-15(14)25-20(13)26/h1-10,22H,(H,23,24)(H,25,26). The van der Waals surface area contributed by atoms with Crippen LogP contribution in [-0.4, -0.2) is 15.9 Å². The van der Waals surface area contributed by atoms with Crippen molar-refractivity contribution in [3.63, 3.8) is 0 Å². The second kappa shape index (κ2) is 5.42. The number of para-hydroxylation sites is 2. The van der Waals surface area contributed by atoms with Crippen LogP contribution in [0.5, 0.6) is 0 Å². The number of hydrogen-bond acceptors (Lipinski definition) is 3. The number of imidazole rings is 1. The first kappa shape index (κ1) is 14.7. The van der Waals surface area contributed by atoms with Gasteiger partial charge in [-0.05, 0) is 42.5 Å². The Morgan fingerprint density at radius 2 is 1.65 bits per heavy atom. The number of H-pyrrole nitrogens is 1. The van der Waals surface area contributed by atoms with Crippen molar-refractivity contribution >= 4 is 34.0 Å². The average Bonchev–Trinajstić information content (AvgIpc) is 3.00. The zero-order chi connectivity index (χ0) is 17.7. The number of halogens is 1. The van der Waals surface area contributed by atoms with Crippen molar-refractivity contribution < 1.29 is 9.18 Å². The molecule has 0 atom stereocenters. The maximum absolute atomic E-state index is 13.4. The summed E-state index contributed by atoms with van der Waals surface area (Å²) in [6.45, 7) is 0. The summed E-state index contributed by atoms with van der Waals surface area (Å²) >= 11 is 0. The summed E-state index contributed by atoms with van der Waals surface area (Å²) in [5.41, 5.74) is 4.92. The molecule has 5 rings (SSSR count). The normalized spacial score (nSPS) is 12.7. The van der Waals surface area contributed by atoms with Gasteiger partial charge in [0, 0.05) is 5.56 Å². The van der Waals surface area contributed by atoms with E-state index in [2.05, 4.69) is 20.6 Å². The highest BCUT2D eigenvalue weighted by atomic mass is 19.1. The van der Waals surface area contributed by atoms with E-state index in [4.69, 9.17) is 0 Å². The zero-order valence-electron chi connectivity index (χ0n) is 13.5. The number of carbonyl (C=O) groups excluding carboxylic acids is 1. The summed E-state index contributed by atoms with van der Waals surface area (Å²) in [5, 5.41) is 6.20. The lowest BCUT2D eigenvalue weighted by Crippen LogP contribution is -2.10. The molecule has 0 radical (unpaired) electrons. The topological polar surface area (TPSA) is 69.8 Å².